The van der Waals surface area contributed by atoms with Crippen LogP contribution in [0.25, 0.3) is 21.9 Å². The molecule has 0 N–H and O–H groups in total. The van der Waals surface area contributed by atoms with Crippen molar-refractivity contribution in [1.29, 1.82) is 5.26 Å². The minimum absolute atomic E-state index is 0.220. The zero-order valence-corrected chi connectivity index (χ0v) is 14.4. The van der Waals surface area contributed by atoms with E-state index in [1.165, 1.54) is 5.56 Å². The number of rotatable bonds is 2. The van der Waals surface area contributed by atoms with Crippen LogP contribution in [0.2, 0.25) is 0 Å². The van der Waals surface area contributed by atoms with E-state index in [1.807, 2.05) is 30.3 Å². The fraction of sp³-hybridized carbons (Fsp3) is 0.200. The number of aromatic nitrogens is 1. The number of hydrogen-bond acceptors (Lipinski definition) is 4. The van der Waals surface area contributed by atoms with E-state index in [4.69, 9.17) is 4.74 Å². The third kappa shape index (κ3) is 2.57. The molecule has 0 radical (unpaired) electrons. The standard InChI is InChI=1S/C20H16N2OS/c1-12-7-14(9-15-8-13(2)23-19(12)15)10-16(11-21)20-22-17-5-3-4-6-18(17)24-20/h3-7,9-10,13H,8H2,1-2H3/b16-10+. The van der Waals surface area contributed by atoms with Gasteiger partial charge in [0.25, 0.3) is 0 Å². The normalized spacial score (nSPS) is 16.7. The third-order valence-electron chi connectivity index (χ3n) is 4.16. The molecule has 4 heteroatoms. The zero-order valence-electron chi connectivity index (χ0n) is 13.5. The molecule has 2 heterocycles. The summed E-state index contributed by atoms with van der Waals surface area (Å²) in [6.45, 7) is 4.13. The Balaban J connectivity index is 1.77. The van der Waals surface area contributed by atoms with Gasteiger partial charge in [0.1, 0.15) is 22.9 Å². The van der Waals surface area contributed by atoms with Crippen LogP contribution < -0.4 is 4.74 Å². The molecular formula is C20H16N2OS. The highest BCUT2D eigenvalue weighted by molar-refractivity contribution is 7.19. The van der Waals surface area contributed by atoms with Crippen LogP contribution in [0.15, 0.2) is 36.4 Å². The van der Waals surface area contributed by atoms with Crippen molar-refractivity contribution in [2.24, 2.45) is 0 Å². The molecule has 0 bridgehead atoms. The first-order valence-corrected chi connectivity index (χ1v) is 8.73. The summed E-state index contributed by atoms with van der Waals surface area (Å²) in [5.74, 6) is 0.998. The van der Waals surface area contributed by atoms with Crippen LogP contribution in [0, 0.1) is 18.3 Å². The average Bonchev–Trinajstić information content (AvgIpc) is 3.15. The van der Waals surface area contributed by atoms with E-state index in [0.29, 0.717) is 5.57 Å². The number of hydrogen-bond donors (Lipinski definition) is 0. The molecule has 4 rings (SSSR count). The zero-order chi connectivity index (χ0) is 16.7. The molecule has 0 fully saturated rings. The van der Waals surface area contributed by atoms with Gasteiger partial charge in [0.2, 0.25) is 0 Å². The van der Waals surface area contributed by atoms with Crippen molar-refractivity contribution < 1.29 is 4.74 Å². The molecule has 1 atom stereocenters. The van der Waals surface area contributed by atoms with Crippen LogP contribution in [0.5, 0.6) is 5.75 Å². The number of nitrogens with zero attached hydrogens (tertiary/aromatic N) is 2. The smallest absolute Gasteiger partial charge is 0.135 e. The summed E-state index contributed by atoms with van der Waals surface area (Å²) >= 11 is 1.55. The van der Waals surface area contributed by atoms with Gasteiger partial charge in [-0.05, 0) is 60.9 Å². The monoisotopic (exact) mass is 332 g/mol. The fourth-order valence-corrected chi connectivity index (χ4v) is 4.06. The molecule has 1 aromatic heterocycles. The van der Waals surface area contributed by atoms with Crippen molar-refractivity contribution >= 4 is 33.2 Å². The van der Waals surface area contributed by atoms with Crippen molar-refractivity contribution in [2.75, 3.05) is 0 Å². The highest BCUT2D eigenvalue weighted by atomic mass is 32.1. The molecule has 0 aliphatic carbocycles. The first-order valence-electron chi connectivity index (χ1n) is 7.92. The topological polar surface area (TPSA) is 45.9 Å². The summed E-state index contributed by atoms with van der Waals surface area (Å²) < 4.78 is 6.95. The van der Waals surface area contributed by atoms with Gasteiger partial charge in [0, 0.05) is 6.42 Å². The maximum absolute atomic E-state index is 9.59. The van der Waals surface area contributed by atoms with Crippen molar-refractivity contribution in [3.05, 3.63) is 58.1 Å². The molecule has 3 nitrogen and oxygen atoms in total. The Bertz CT molecular complexity index is 977. The van der Waals surface area contributed by atoms with Crippen molar-refractivity contribution in [3.63, 3.8) is 0 Å². The van der Waals surface area contributed by atoms with Gasteiger partial charge in [0.15, 0.2) is 0 Å². The van der Waals surface area contributed by atoms with E-state index in [9.17, 15) is 5.26 Å². The molecule has 118 valence electrons. The number of fused-ring (bicyclic) bond motifs is 2. The van der Waals surface area contributed by atoms with Crippen LogP contribution in [0.3, 0.4) is 0 Å². The average molecular weight is 332 g/mol. The second kappa shape index (κ2) is 5.77. The summed E-state index contributed by atoms with van der Waals surface area (Å²) in [5.41, 5.74) is 4.90. The summed E-state index contributed by atoms with van der Waals surface area (Å²) in [6, 6.07) is 14.5. The van der Waals surface area contributed by atoms with Crippen molar-refractivity contribution in [1.82, 2.24) is 4.98 Å². The number of allylic oxidation sites excluding steroid dienone is 1. The van der Waals surface area contributed by atoms with Gasteiger partial charge >= 0.3 is 0 Å². The molecule has 0 saturated carbocycles. The Hall–Kier alpha value is -2.64. The lowest BCUT2D eigenvalue weighted by molar-refractivity contribution is 0.253. The summed E-state index contributed by atoms with van der Waals surface area (Å²) in [6.07, 6.45) is 3.06. The Morgan fingerprint density at radius 2 is 2.21 bits per heavy atom. The molecule has 1 aliphatic heterocycles. The predicted molar refractivity (Wildman–Crippen MR) is 98.1 cm³/mol. The van der Waals surface area contributed by atoms with Gasteiger partial charge in [-0.25, -0.2) is 4.98 Å². The van der Waals surface area contributed by atoms with Crippen molar-refractivity contribution in [3.8, 4) is 11.8 Å². The quantitative estimate of drug-likeness (QED) is 0.621. The van der Waals surface area contributed by atoms with E-state index in [2.05, 4.69) is 37.0 Å². The lowest BCUT2D eigenvalue weighted by Crippen LogP contribution is -2.05. The summed E-state index contributed by atoms with van der Waals surface area (Å²) in [4.78, 5) is 4.59. The first-order chi connectivity index (χ1) is 11.6. The third-order valence-corrected chi connectivity index (χ3v) is 5.23. The molecule has 2 aromatic carbocycles. The lowest BCUT2D eigenvalue weighted by atomic mass is 10.0. The Kier molecular flexibility index (Phi) is 3.59. The number of para-hydroxylation sites is 1. The Morgan fingerprint density at radius 3 is 3.00 bits per heavy atom. The maximum Gasteiger partial charge on any atom is 0.135 e. The van der Waals surface area contributed by atoms with Gasteiger partial charge in [-0.3, -0.25) is 0 Å². The van der Waals surface area contributed by atoms with Crippen LogP contribution in [0.4, 0.5) is 0 Å². The van der Waals surface area contributed by atoms with Gasteiger partial charge in [-0.15, -0.1) is 11.3 Å². The first kappa shape index (κ1) is 14.9. The Labute approximate surface area is 144 Å². The molecule has 1 aliphatic rings. The van der Waals surface area contributed by atoms with Gasteiger partial charge in [-0.2, -0.15) is 5.26 Å². The maximum atomic E-state index is 9.59. The van der Waals surface area contributed by atoms with E-state index < -0.39 is 0 Å². The summed E-state index contributed by atoms with van der Waals surface area (Å²) in [7, 11) is 0. The molecule has 24 heavy (non-hydrogen) atoms. The van der Waals surface area contributed by atoms with Gasteiger partial charge < -0.3 is 4.74 Å². The van der Waals surface area contributed by atoms with E-state index in [-0.39, 0.29) is 6.10 Å². The van der Waals surface area contributed by atoms with Gasteiger partial charge in [-0.1, -0.05) is 12.1 Å². The van der Waals surface area contributed by atoms with E-state index in [0.717, 1.165) is 38.5 Å². The molecule has 1 unspecified atom stereocenters. The minimum atomic E-state index is 0.220. The molecule has 3 aromatic rings. The predicted octanol–water partition coefficient (Wildman–Crippen LogP) is 4.99. The van der Waals surface area contributed by atoms with Crippen LogP contribution >= 0.6 is 11.3 Å². The van der Waals surface area contributed by atoms with Crippen LogP contribution in [-0.2, 0) is 6.42 Å². The SMILES string of the molecule is Cc1cc(/C=C(\C#N)c2nc3ccccc3s2)cc2c1OC(C)C2. The van der Waals surface area contributed by atoms with E-state index >= 15 is 0 Å². The number of nitriles is 1. The fourth-order valence-electron chi connectivity index (χ4n) is 3.13. The van der Waals surface area contributed by atoms with Crippen LogP contribution in [0.1, 0.15) is 28.6 Å². The largest absolute Gasteiger partial charge is 0.490 e. The minimum Gasteiger partial charge on any atom is -0.490 e. The number of aryl methyl sites for hydroxylation is 1. The number of benzene rings is 2. The molecule has 0 amide bonds. The highest BCUT2D eigenvalue weighted by Crippen LogP contribution is 2.35. The second-order valence-electron chi connectivity index (χ2n) is 6.12. The Morgan fingerprint density at radius 1 is 1.38 bits per heavy atom. The van der Waals surface area contributed by atoms with Gasteiger partial charge in [0.05, 0.1) is 15.8 Å². The summed E-state index contributed by atoms with van der Waals surface area (Å²) in [5, 5.41) is 10.4. The van der Waals surface area contributed by atoms with E-state index in [1.54, 1.807) is 11.3 Å². The molecular weight excluding hydrogens is 316 g/mol. The van der Waals surface area contributed by atoms with Crippen molar-refractivity contribution in [2.45, 2.75) is 26.4 Å². The molecule has 0 spiro atoms. The second-order valence-corrected chi connectivity index (χ2v) is 7.15. The lowest BCUT2D eigenvalue weighted by Gasteiger charge is -2.07. The molecule has 0 saturated heterocycles. The number of ether oxygens (including phenoxy) is 1. The number of thiazole rings is 1. The van der Waals surface area contributed by atoms with Crippen LogP contribution in [-0.4, -0.2) is 11.1 Å². The highest BCUT2D eigenvalue weighted by Gasteiger charge is 2.21.